The first-order chi connectivity index (χ1) is 5.37. The Bertz CT molecular complexity index is 189. The number of carboxylic acids is 1. The molecule has 0 saturated heterocycles. The summed E-state index contributed by atoms with van der Waals surface area (Å²) in [4.78, 5) is 21.8. The van der Waals surface area contributed by atoms with E-state index in [0.717, 1.165) is 0 Å². The van der Waals surface area contributed by atoms with Gasteiger partial charge in [0.1, 0.15) is 0 Å². The molecule has 0 radical (unpaired) electrons. The van der Waals surface area contributed by atoms with E-state index in [1.54, 1.807) is 0 Å². The fourth-order valence-electron chi connectivity index (χ4n) is 1.09. The van der Waals surface area contributed by atoms with Gasteiger partial charge < -0.3 is 0 Å². The van der Waals surface area contributed by atoms with E-state index in [4.69, 9.17) is 5.11 Å². The Morgan fingerprint density at radius 1 is 1.33 bits per heavy atom. The Morgan fingerprint density at radius 3 is 1.83 bits per heavy atom. The van der Waals surface area contributed by atoms with Crippen LogP contribution in [0.2, 0.25) is 10.4 Å². The van der Waals surface area contributed by atoms with Gasteiger partial charge in [0.25, 0.3) is 0 Å². The van der Waals surface area contributed by atoms with Gasteiger partial charge in [0.15, 0.2) is 0 Å². The first-order valence-electron chi connectivity index (χ1n) is 3.84. The van der Waals surface area contributed by atoms with Crippen LogP contribution in [-0.2, 0) is 9.59 Å². The molecule has 0 heterocycles. The molecule has 4 heteroatoms. The van der Waals surface area contributed by atoms with E-state index in [2.05, 4.69) is 0 Å². The third kappa shape index (κ3) is 2.98. The Hall–Kier alpha value is -0.302. The van der Waals surface area contributed by atoms with Crippen molar-refractivity contribution in [2.75, 3.05) is 0 Å². The van der Waals surface area contributed by atoms with Gasteiger partial charge in [-0.1, -0.05) is 0 Å². The maximum absolute atomic E-state index is 11.0. The minimum atomic E-state index is -1.81. The van der Waals surface area contributed by atoms with Gasteiger partial charge in [-0.15, -0.1) is 0 Å². The molecule has 2 atom stereocenters. The van der Waals surface area contributed by atoms with E-state index in [1.807, 2.05) is 19.6 Å². The Morgan fingerprint density at radius 2 is 1.75 bits per heavy atom. The van der Waals surface area contributed by atoms with Crippen molar-refractivity contribution in [3.05, 3.63) is 0 Å². The van der Waals surface area contributed by atoms with Gasteiger partial charge in [0, 0.05) is 0 Å². The van der Waals surface area contributed by atoms with Crippen molar-refractivity contribution in [2.24, 2.45) is 5.92 Å². The first-order valence-corrected chi connectivity index (χ1v) is 7.74. The molecule has 0 aromatic carbocycles. The number of carboxylic acid groups (broad SMARTS) is 1. The fraction of sp³-hybridized carbons (Fsp3) is 0.750. The zero-order valence-electron chi connectivity index (χ0n) is 7.87. The average molecular weight is 234 g/mol. The maximum atomic E-state index is 11.0. The normalized spacial score (nSPS) is 15.8. The van der Waals surface area contributed by atoms with Gasteiger partial charge in [-0.25, -0.2) is 0 Å². The van der Waals surface area contributed by atoms with Crippen LogP contribution in [0.5, 0.6) is 0 Å². The van der Waals surface area contributed by atoms with Crippen LogP contribution in [-0.4, -0.2) is 30.3 Å². The van der Waals surface area contributed by atoms with Crippen molar-refractivity contribution < 1.29 is 14.7 Å². The SMILES string of the molecule is CC(=O)[As](C)C(C(=O)O)C(C)C. The molecule has 0 aliphatic heterocycles. The van der Waals surface area contributed by atoms with Crippen molar-refractivity contribution in [3.8, 4) is 0 Å². The molecule has 0 aliphatic rings. The van der Waals surface area contributed by atoms with Gasteiger partial charge in [0.2, 0.25) is 0 Å². The summed E-state index contributed by atoms with van der Waals surface area (Å²) in [6.07, 6.45) is 0. The quantitative estimate of drug-likeness (QED) is 0.747. The van der Waals surface area contributed by atoms with Crippen LogP contribution in [0, 0.1) is 5.92 Å². The molecule has 2 unspecified atom stereocenters. The third-order valence-corrected chi connectivity index (χ3v) is 7.35. The fourth-order valence-corrected chi connectivity index (χ4v) is 4.49. The second kappa shape index (κ2) is 4.66. The molecule has 0 saturated carbocycles. The van der Waals surface area contributed by atoms with Crippen LogP contribution in [0.3, 0.4) is 0 Å². The average Bonchev–Trinajstić information content (AvgIpc) is 1.85. The number of carbonyl (C=O) groups is 2. The van der Waals surface area contributed by atoms with Crippen LogP contribution >= 0.6 is 0 Å². The van der Waals surface area contributed by atoms with E-state index in [-0.39, 0.29) is 10.5 Å². The Kier molecular flexibility index (Phi) is 4.54. The van der Waals surface area contributed by atoms with Crippen LogP contribution in [0.4, 0.5) is 0 Å². The van der Waals surface area contributed by atoms with Gasteiger partial charge in [-0.3, -0.25) is 0 Å². The topological polar surface area (TPSA) is 54.4 Å². The van der Waals surface area contributed by atoms with Crippen LogP contribution in [0.25, 0.3) is 0 Å². The number of hydrogen-bond acceptors (Lipinski definition) is 2. The summed E-state index contributed by atoms with van der Waals surface area (Å²) < 4.78 is -0.321. The molecule has 0 spiro atoms. The molecule has 0 aliphatic carbocycles. The second-order valence-corrected chi connectivity index (χ2v) is 8.21. The molecule has 0 amide bonds. The molecule has 0 rings (SSSR count). The van der Waals surface area contributed by atoms with Crippen LogP contribution < -0.4 is 0 Å². The van der Waals surface area contributed by atoms with Gasteiger partial charge in [-0.2, -0.15) is 0 Å². The number of aliphatic carboxylic acids is 1. The summed E-state index contributed by atoms with van der Waals surface area (Å²) in [5, 5.41) is 8.85. The summed E-state index contributed by atoms with van der Waals surface area (Å²) in [6.45, 7) is 5.21. The molecule has 3 nitrogen and oxygen atoms in total. The number of rotatable bonds is 4. The summed E-state index contributed by atoms with van der Waals surface area (Å²) >= 11 is -1.81. The molecule has 0 bridgehead atoms. The molecule has 0 aromatic heterocycles. The summed E-state index contributed by atoms with van der Waals surface area (Å²) in [6, 6.07) is 0. The van der Waals surface area contributed by atoms with Gasteiger partial charge in [0.05, 0.1) is 0 Å². The third-order valence-electron chi connectivity index (χ3n) is 1.80. The van der Waals surface area contributed by atoms with Crippen molar-refractivity contribution >= 4 is 25.2 Å². The predicted molar refractivity (Wildman–Crippen MR) is 48.5 cm³/mol. The zero-order chi connectivity index (χ0) is 9.89. The predicted octanol–water partition coefficient (Wildman–Crippen LogP) is 1.35. The monoisotopic (exact) mass is 234 g/mol. The first kappa shape index (κ1) is 11.7. The molecule has 0 aromatic rings. The molecule has 70 valence electrons. The van der Waals surface area contributed by atoms with Gasteiger partial charge in [-0.05, 0) is 0 Å². The van der Waals surface area contributed by atoms with E-state index < -0.39 is 25.3 Å². The zero-order valence-corrected chi connectivity index (χ0v) is 9.74. The summed E-state index contributed by atoms with van der Waals surface area (Å²) in [5.41, 5.74) is 1.81. The van der Waals surface area contributed by atoms with Crippen molar-refractivity contribution in [1.82, 2.24) is 0 Å². The van der Waals surface area contributed by atoms with Crippen molar-refractivity contribution in [3.63, 3.8) is 0 Å². The van der Waals surface area contributed by atoms with E-state index in [1.165, 1.54) is 6.92 Å². The van der Waals surface area contributed by atoms with Crippen molar-refractivity contribution in [2.45, 2.75) is 31.2 Å². The van der Waals surface area contributed by atoms with Crippen LogP contribution in [0.1, 0.15) is 20.8 Å². The molecular weight excluding hydrogens is 219 g/mol. The Balaban J connectivity index is 4.51. The van der Waals surface area contributed by atoms with E-state index in [9.17, 15) is 9.59 Å². The summed E-state index contributed by atoms with van der Waals surface area (Å²) in [5.74, 6) is -0.751. The van der Waals surface area contributed by atoms with Crippen LogP contribution in [0.15, 0.2) is 0 Å². The van der Waals surface area contributed by atoms with E-state index >= 15 is 0 Å². The molecule has 12 heavy (non-hydrogen) atoms. The number of carbonyl (C=O) groups excluding carboxylic acids is 1. The molecule has 1 N–H and O–H groups in total. The molecule has 0 fully saturated rings. The molecular formula is C8H15AsO3. The van der Waals surface area contributed by atoms with Crippen molar-refractivity contribution in [1.29, 1.82) is 0 Å². The standard InChI is InChI=1S/C8H15AsO3/c1-5(2)7(8(11)12)9(4)6(3)10/h5,7H,1-4H3,(H,11,12). The van der Waals surface area contributed by atoms with E-state index in [0.29, 0.717) is 0 Å². The second-order valence-electron chi connectivity index (χ2n) is 3.16. The minimum absolute atomic E-state index is 0.0661. The summed E-state index contributed by atoms with van der Waals surface area (Å²) in [7, 11) is 0. The van der Waals surface area contributed by atoms with Gasteiger partial charge >= 0.3 is 77.0 Å². The Labute approximate surface area is 77.4 Å². The number of hydrogen-bond donors (Lipinski definition) is 1.